The van der Waals surface area contributed by atoms with Crippen molar-refractivity contribution < 1.29 is 14.7 Å². The maximum absolute atomic E-state index is 11.0. The molecule has 0 aromatic heterocycles. The standard InChI is InChI=1S/C12H21NO3/c1-5-11(12(15)16)13-9(3)7-6-8(2)10(4)14/h8,11H,5-7H2,1-4H3,(H,15,16). The Morgan fingerprint density at radius 3 is 2.25 bits per heavy atom. The summed E-state index contributed by atoms with van der Waals surface area (Å²) in [5.41, 5.74) is 0.808. The zero-order chi connectivity index (χ0) is 12.7. The maximum Gasteiger partial charge on any atom is 0.328 e. The minimum Gasteiger partial charge on any atom is -0.480 e. The number of carboxylic acids is 1. The number of hydrogen-bond donors (Lipinski definition) is 1. The van der Waals surface area contributed by atoms with Crippen LogP contribution in [0, 0.1) is 5.92 Å². The van der Waals surface area contributed by atoms with E-state index in [0.29, 0.717) is 12.8 Å². The highest BCUT2D eigenvalue weighted by Crippen LogP contribution is 2.09. The van der Waals surface area contributed by atoms with Gasteiger partial charge in [0.25, 0.3) is 0 Å². The number of Topliss-reactive ketones (excluding diaryl/α,β-unsaturated/α-hetero) is 1. The minimum atomic E-state index is -0.888. The van der Waals surface area contributed by atoms with Crippen LogP contribution in [-0.2, 0) is 9.59 Å². The van der Waals surface area contributed by atoms with Crippen molar-refractivity contribution in [2.24, 2.45) is 10.9 Å². The van der Waals surface area contributed by atoms with E-state index in [9.17, 15) is 9.59 Å². The van der Waals surface area contributed by atoms with Crippen molar-refractivity contribution in [3.8, 4) is 0 Å². The summed E-state index contributed by atoms with van der Waals surface area (Å²) in [6.07, 6.45) is 1.92. The highest BCUT2D eigenvalue weighted by Gasteiger charge is 2.14. The van der Waals surface area contributed by atoms with Gasteiger partial charge in [0, 0.05) is 11.6 Å². The van der Waals surface area contributed by atoms with Crippen LogP contribution < -0.4 is 0 Å². The van der Waals surface area contributed by atoms with Gasteiger partial charge >= 0.3 is 5.97 Å². The summed E-state index contributed by atoms with van der Waals surface area (Å²) in [6, 6.07) is -0.646. The van der Waals surface area contributed by atoms with Crippen LogP contribution in [0.3, 0.4) is 0 Å². The SMILES string of the molecule is CCC(N=C(C)CCC(C)C(C)=O)C(=O)O. The second-order valence-electron chi connectivity index (χ2n) is 4.18. The van der Waals surface area contributed by atoms with Gasteiger partial charge in [0.2, 0.25) is 0 Å². The van der Waals surface area contributed by atoms with Crippen molar-refractivity contribution >= 4 is 17.5 Å². The molecule has 16 heavy (non-hydrogen) atoms. The first-order valence-electron chi connectivity index (χ1n) is 5.65. The van der Waals surface area contributed by atoms with E-state index in [1.165, 1.54) is 0 Å². The highest BCUT2D eigenvalue weighted by atomic mass is 16.4. The number of hydrogen-bond acceptors (Lipinski definition) is 3. The number of rotatable bonds is 7. The summed E-state index contributed by atoms with van der Waals surface area (Å²) in [5.74, 6) is -0.699. The van der Waals surface area contributed by atoms with Crippen molar-refractivity contribution in [1.82, 2.24) is 0 Å². The van der Waals surface area contributed by atoms with Gasteiger partial charge in [-0.05, 0) is 33.1 Å². The minimum absolute atomic E-state index is 0.0232. The van der Waals surface area contributed by atoms with Crippen molar-refractivity contribution in [3.63, 3.8) is 0 Å². The van der Waals surface area contributed by atoms with Gasteiger partial charge in [-0.15, -0.1) is 0 Å². The van der Waals surface area contributed by atoms with E-state index >= 15 is 0 Å². The quantitative estimate of drug-likeness (QED) is 0.679. The Morgan fingerprint density at radius 2 is 1.88 bits per heavy atom. The molecule has 0 fully saturated rings. The molecule has 0 aromatic rings. The van der Waals surface area contributed by atoms with Gasteiger partial charge in [0.1, 0.15) is 11.8 Å². The molecule has 0 aliphatic heterocycles. The summed E-state index contributed by atoms with van der Waals surface area (Å²) in [6.45, 7) is 7.07. The molecule has 0 aliphatic carbocycles. The highest BCUT2D eigenvalue weighted by molar-refractivity contribution is 5.86. The van der Waals surface area contributed by atoms with Crippen molar-refractivity contribution in [1.29, 1.82) is 0 Å². The molecule has 0 saturated heterocycles. The molecule has 0 spiro atoms. The molecule has 0 radical (unpaired) electrons. The van der Waals surface area contributed by atoms with Crippen molar-refractivity contribution in [2.75, 3.05) is 0 Å². The smallest absolute Gasteiger partial charge is 0.328 e. The third-order valence-electron chi connectivity index (χ3n) is 2.68. The van der Waals surface area contributed by atoms with Crippen LogP contribution in [0.25, 0.3) is 0 Å². The molecule has 92 valence electrons. The van der Waals surface area contributed by atoms with Gasteiger partial charge in [-0.1, -0.05) is 13.8 Å². The van der Waals surface area contributed by atoms with Gasteiger partial charge in [0.05, 0.1) is 0 Å². The molecule has 0 rings (SSSR count). The van der Waals surface area contributed by atoms with Crippen LogP contribution in [0.2, 0.25) is 0 Å². The van der Waals surface area contributed by atoms with Crippen LogP contribution in [0.15, 0.2) is 4.99 Å². The molecular formula is C12H21NO3. The molecule has 2 atom stereocenters. The van der Waals surface area contributed by atoms with Gasteiger partial charge in [-0.2, -0.15) is 0 Å². The second-order valence-corrected chi connectivity index (χ2v) is 4.18. The average Bonchev–Trinajstić information content (AvgIpc) is 2.21. The molecule has 0 amide bonds. The zero-order valence-electron chi connectivity index (χ0n) is 10.5. The molecule has 0 saturated carbocycles. The van der Waals surface area contributed by atoms with E-state index < -0.39 is 12.0 Å². The second kappa shape index (κ2) is 7.14. The van der Waals surface area contributed by atoms with E-state index in [0.717, 1.165) is 12.1 Å². The predicted molar refractivity (Wildman–Crippen MR) is 63.9 cm³/mol. The molecule has 0 aliphatic rings. The first-order valence-corrected chi connectivity index (χ1v) is 5.65. The zero-order valence-corrected chi connectivity index (χ0v) is 10.5. The first kappa shape index (κ1) is 14.8. The Balaban J connectivity index is 4.23. The molecule has 4 heteroatoms. The van der Waals surface area contributed by atoms with Crippen LogP contribution in [-0.4, -0.2) is 28.6 Å². The van der Waals surface area contributed by atoms with Crippen LogP contribution >= 0.6 is 0 Å². The topological polar surface area (TPSA) is 66.7 Å². The summed E-state index contributed by atoms with van der Waals surface area (Å²) in [4.78, 5) is 25.9. The van der Waals surface area contributed by atoms with E-state index in [-0.39, 0.29) is 11.7 Å². The number of aliphatic imine (C=N–C) groups is 1. The Bertz CT molecular complexity index is 284. The van der Waals surface area contributed by atoms with E-state index in [1.807, 2.05) is 13.8 Å². The molecular weight excluding hydrogens is 206 g/mol. The lowest BCUT2D eigenvalue weighted by Crippen LogP contribution is -2.18. The lowest BCUT2D eigenvalue weighted by Gasteiger charge is -2.09. The maximum atomic E-state index is 11.0. The number of aliphatic carboxylic acids is 1. The van der Waals surface area contributed by atoms with Gasteiger partial charge in [0.15, 0.2) is 0 Å². The number of ketones is 1. The lowest BCUT2D eigenvalue weighted by molar-refractivity contribution is -0.138. The fraction of sp³-hybridized carbons (Fsp3) is 0.750. The monoisotopic (exact) mass is 227 g/mol. The molecule has 2 unspecified atom stereocenters. The Labute approximate surface area is 96.8 Å². The number of carboxylic acid groups (broad SMARTS) is 1. The van der Waals surface area contributed by atoms with Gasteiger partial charge in [-0.25, -0.2) is 4.79 Å². The normalized spacial score (nSPS) is 15.6. The van der Waals surface area contributed by atoms with E-state index in [4.69, 9.17) is 5.11 Å². The third-order valence-corrected chi connectivity index (χ3v) is 2.68. The molecule has 0 aromatic carbocycles. The van der Waals surface area contributed by atoms with Gasteiger partial charge < -0.3 is 5.11 Å². The first-order chi connectivity index (χ1) is 7.38. The lowest BCUT2D eigenvalue weighted by atomic mass is 10.00. The van der Waals surface area contributed by atoms with Gasteiger partial charge in [-0.3, -0.25) is 9.79 Å². The molecule has 4 nitrogen and oxygen atoms in total. The molecule has 0 heterocycles. The van der Waals surface area contributed by atoms with E-state index in [1.54, 1.807) is 13.8 Å². The summed E-state index contributed by atoms with van der Waals surface area (Å²) < 4.78 is 0. The fourth-order valence-corrected chi connectivity index (χ4v) is 1.28. The van der Waals surface area contributed by atoms with E-state index in [2.05, 4.69) is 4.99 Å². The molecule has 0 bridgehead atoms. The third kappa shape index (κ3) is 5.63. The average molecular weight is 227 g/mol. The Hall–Kier alpha value is -1.19. The predicted octanol–water partition coefficient (Wildman–Crippen LogP) is 2.32. The van der Waals surface area contributed by atoms with Crippen LogP contribution in [0.1, 0.15) is 47.0 Å². The summed E-state index contributed by atoms with van der Waals surface area (Å²) >= 11 is 0. The summed E-state index contributed by atoms with van der Waals surface area (Å²) in [5, 5.41) is 8.83. The largest absolute Gasteiger partial charge is 0.480 e. The number of carbonyl (C=O) groups is 2. The number of carbonyl (C=O) groups excluding carboxylic acids is 1. The summed E-state index contributed by atoms with van der Waals surface area (Å²) in [7, 11) is 0. The van der Waals surface area contributed by atoms with Crippen molar-refractivity contribution in [3.05, 3.63) is 0 Å². The Kier molecular flexibility index (Phi) is 6.61. The number of nitrogens with zero attached hydrogens (tertiary/aromatic N) is 1. The Morgan fingerprint density at radius 1 is 1.31 bits per heavy atom. The fourth-order valence-electron chi connectivity index (χ4n) is 1.28. The van der Waals surface area contributed by atoms with Crippen LogP contribution in [0.5, 0.6) is 0 Å². The molecule has 1 N–H and O–H groups in total. The van der Waals surface area contributed by atoms with Crippen molar-refractivity contribution in [2.45, 2.75) is 53.0 Å². The van der Waals surface area contributed by atoms with Crippen LogP contribution in [0.4, 0.5) is 0 Å².